The number of carbonyl (C=O) groups is 2. The Kier molecular flexibility index (Phi) is 11.2. The summed E-state index contributed by atoms with van der Waals surface area (Å²) in [5, 5.41) is 0. The lowest BCUT2D eigenvalue weighted by molar-refractivity contribution is -0.116. The molecule has 1 aromatic rings. The van der Waals surface area contributed by atoms with Crippen molar-refractivity contribution in [3.05, 3.63) is 113 Å². The Balaban J connectivity index is 0.000000350. The zero-order valence-corrected chi connectivity index (χ0v) is 21.5. The van der Waals surface area contributed by atoms with Crippen molar-refractivity contribution in [2.45, 2.75) is 53.9 Å². The molecular formula is C31H39NO2. The molecule has 3 heteroatoms. The second-order valence-electron chi connectivity index (χ2n) is 8.82. The third kappa shape index (κ3) is 8.47. The molecule has 1 aromatic carbocycles. The quantitative estimate of drug-likeness (QED) is 0.290. The number of hydrogen-bond donors (Lipinski definition) is 1. The summed E-state index contributed by atoms with van der Waals surface area (Å²) in [5.41, 5.74) is 13.6. The lowest BCUT2D eigenvalue weighted by atomic mass is 9.94. The molecule has 180 valence electrons. The number of Topliss-reactive ketones (excluding diaryl/α,β-unsaturated/α-hetero) is 1. The van der Waals surface area contributed by atoms with Gasteiger partial charge in [0.25, 0.3) is 0 Å². The topological polar surface area (TPSA) is 60.2 Å². The molecule has 0 spiro atoms. The molecule has 34 heavy (non-hydrogen) atoms. The molecule has 2 N–H and O–H groups in total. The van der Waals surface area contributed by atoms with Gasteiger partial charge in [0.05, 0.1) is 0 Å². The van der Waals surface area contributed by atoms with Crippen LogP contribution in [0.3, 0.4) is 0 Å². The summed E-state index contributed by atoms with van der Waals surface area (Å²) in [7, 11) is 0. The zero-order valence-electron chi connectivity index (χ0n) is 21.5. The predicted octanol–water partition coefficient (Wildman–Crippen LogP) is 7.62. The minimum Gasteiger partial charge on any atom is -0.366 e. The lowest BCUT2D eigenvalue weighted by Gasteiger charge is -2.09. The first kappa shape index (κ1) is 28.6. The predicted molar refractivity (Wildman–Crippen MR) is 147 cm³/mol. The number of benzene rings is 1. The van der Waals surface area contributed by atoms with Crippen molar-refractivity contribution >= 4 is 17.3 Å². The maximum absolute atomic E-state index is 12.2. The molecule has 0 heterocycles. The van der Waals surface area contributed by atoms with Crippen LogP contribution < -0.4 is 5.73 Å². The Hall–Kier alpha value is -3.46. The first-order valence-corrected chi connectivity index (χ1v) is 11.6. The van der Waals surface area contributed by atoms with Crippen LogP contribution in [0.15, 0.2) is 96.7 Å². The number of amides is 1. The van der Waals surface area contributed by atoms with E-state index >= 15 is 0 Å². The van der Waals surface area contributed by atoms with Crippen LogP contribution in [0.1, 0.15) is 68.4 Å². The van der Waals surface area contributed by atoms with Crippen molar-refractivity contribution in [3.63, 3.8) is 0 Å². The first-order valence-electron chi connectivity index (χ1n) is 11.6. The van der Waals surface area contributed by atoms with E-state index in [4.69, 9.17) is 5.73 Å². The molecule has 1 amide bonds. The van der Waals surface area contributed by atoms with Crippen LogP contribution >= 0.6 is 0 Å². The summed E-state index contributed by atoms with van der Waals surface area (Å²) >= 11 is 0. The van der Waals surface area contributed by atoms with Crippen molar-refractivity contribution in [1.82, 2.24) is 0 Å². The molecule has 1 aliphatic carbocycles. The Morgan fingerprint density at radius 3 is 2.18 bits per heavy atom. The summed E-state index contributed by atoms with van der Waals surface area (Å²) in [4.78, 5) is 23.2. The number of rotatable bonds is 10. The molecule has 0 aromatic heterocycles. The van der Waals surface area contributed by atoms with Gasteiger partial charge in [-0.2, -0.15) is 0 Å². The molecule has 0 bridgehead atoms. The van der Waals surface area contributed by atoms with E-state index in [2.05, 4.69) is 47.1 Å². The Morgan fingerprint density at radius 1 is 1.09 bits per heavy atom. The van der Waals surface area contributed by atoms with Crippen molar-refractivity contribution in [3.8, 4) is 0 Å². The molecule has 0 radical (unpaired) electrons. The van der Waals surface area contributed by atoms with Crippen LogP contribution in [0.2, 0.25) is 0 Å². The average molecular weight is 458 g/mol. The number of ketones is 1. The molecule has 0 unspecified atom stereocenters. The van der Waals surface area contributed by atoms with Gasteiger partial charge in [0.15, 0.2) is 5.78 Å². The van der Waals surface area contributed by atoms with E-state index in [1.165, 1.54) is 16.7 Å². The molecule has 2 rings (SSSR count). The maximum atomic E-state index is 12.2. The highest BCUT2D eigenvalue weighted by atomic mass is 16.1. The van der Waals surface area contributed by atoms with Gasteiger partial charge in [0.1, 0.15) is 0 Å². The van der Waals surface area contributed by atoms with Gasteiger partial charge in [-0.15, -0.1) is 0 Å². The third-order valence-electron chi connectivity index (χ3n) is 5.86. The van der Waals surface area contributed by atoms with Crippen LogP contribution in [0.5, 0.6) is 0 Å². The van der Waals surface area contributed by atoms with Crippen molar-refractivity contribution in [1.29, 1.82) is 0 Å². The summed E-state index contributed by atoms with van der Waals surface area (Å²) in [6.45, 7) is 25.8. The maximum Gasteiger partial charge on any atom is 0.248 e. The molecule has 1 fully saturated rings. The normalized spacial score (nSPS) is 12.9. The molecule has 0 aliphatic heterocycles. The highest BCUT2D eigenvalue weighted by Crippen LogP contribution is 2.35. The summed E-state index contributed by atoms with van der Waals surface area (Å²) < 4.78 is 0. The highest BCUT2D eigenvalue weighted by molar-refractivity contribution is 6.03. The van der Waals surface area contributed by atoms with Gasteiger partial charge < -0.3 is 5.73 Å². The standard InChI is InChI=1S/C18H22O.C13H17NO/c1-6-8-17(18(19)16-11-12-16)15(5)14(4)10-9-13(3)7-2;1-8(2)10(4)12-7-11(13(14)15)6-5-9(12)3/h6,8-10,16H,1,3-5,7,11-12H2,2H3;5-7H,1-4H3,(H2,14,15)/b10-9-,17-8+;. The number of nitrogens with two attached hydrogens (primary N) is 1. The van der Waals surface area contributed by atoms with Gasteiger partial charge in [-0.25, -0.2) is 0 Å². The summed E-state index contributed by atoms with van der Waals surface area (Å²) in [5.74, 6) is -0.0445. The summed E-state index contributed by atoms with van der Waals surface area (Å²) in [6.07, 6.45) is 10.0. The number of hydrogen-bond acceptors (Lipinski definition) is 2. The van der Waals surface area contributed by atoms with Crippen LogP contribution in [0.4, 0.5) is 0 Å². The SMILES string of the molecule is C=C/C=C(\C(=C)C(=C)/C=C\C(=C)CC)C(=O)C1CC1.CC(C)=C(C)c1cc(C(N)=O)ccc1C. The van der Waals surface area contributed by atoms with Gasteiger partial charge in [0.2, 0.25) is 5.91 Å². The number of carbonyl (C=O) groups excluding carboxylic acids is 2. The first-order chi connectivity index (χ1) is 15.9. The average Bonchev–Trinajstić information content (AvgIpc) is 3.65. The van der Waals surface area contributed by atoms with Gasteiger partial charge in [-0.3, -0.25) is 9.59 Å². The van der Waals surface area contributed by atoms with E-state index in [1.807, 2.05) is 38.1 Å². The van der Waals surface area contributed by atoms with Crippen LogP contribution in [0, 0.1) is 12.8 Å². The highest BCUT2D eigenvalue weighted by Gasteiger charge is 2.32. The minimum atomic E-state index is -0.377. The fourth-order valence-corrected chi connectivity index (χ4v) is 3.07. The van der Waals surface area contributed by atoms with Crippen LogP contribution in [0.25, 0.3) is 5.57 Å². The van der Waals surface area contributed by atoms with Crippen LogP contribution in [-0.2, 0) is 4.79 Å². The van der Waals surface area contributed by atoms with E-state index in [0.29, 0.717) is 16.7 Å². The van der Waals surface area contributed by atoms with E-state index in [1.54, 1.807) is 18.2 Å². The van der Waals surface area contributed by atoms with Gasteiger partial charge in [-0.1, -0.05) is 74.8 Å². The second-order valence-corrected chi connectivity index (χ2v) is 8.82. The Morgan fingerprint density at radius 2 is 1.71 bits per heavy atom. The number of allylic oxidation sites excluding steroid dienone is 10. The molecule has 3 nitrogen and oxygen atoms in total. The third-order valence-corrected chi connectivity index (χ3v) is 5.86. The largest absolute Gasteiger partial charge is 0.366 e. The smallest absolute Gasteiger partial charge is 0.248 e. The molecular weight excluding hydrogens is 418 g/mol. The minimum absolute atomic E-state index is 0.161. The molecule has 0 saturated heterocycles. The second kappa shape index (κ2) is 13.3. The molecule has 0 atom stereocenters. The lowest BCUT2D eigenvalue weighted by Crippen LogP contribution is -2.11. The fourth-order valence-electron chi connectivity index (χ4n) is 3.07. The monoisotopic (exact) mass is 457 g/mol. The van der Waals surface area contributed by atoms with E-state index < -0.39 is 0 Å². The number of primary amides is 1. The van der Waals surface area contributed by atoms with E-state index in [0.717, 1.165) is 36.0 Å². The number of aryl methyl sites for hydroxylation is 1. The molecule has 1 aliphatic rings. The van der Waals surface area contributed by atoms with Gasteiger partial charge >= 0.3 is 0 Å². The van der Waals surface area contributed by atoms with Gasteiger partial charge in [0, 0.05) is 17.1 Å². The van der Waals surface area contributed by atoms with Crippen molar-refractivity contribution < 1.29 is 9.59 Å². The van der Waals surface area contributed by atoms with Crippen LogP contribution in [-0.4, -0.2) is 11.7 Å². The van der Waals surface area contributed by atoms with Gasteiger partial charge in [-0.05, 0) is 86.9 Å². The van der Waals surface area contributed by atoms with E-state index in [-0.39, 0.29) is 17.6 Å². The Labute approximate surface area is 205 Å². The molecule has 1 saturated carbocycles. The fraction of sp³-hybridized carbons (Fsp3) is 0.290. The van der Waals surface area contributed by atoms with E-state index in [9.17, 15) is 9.59 Å². The van der Waals surface area contributed by atoms with Crippen molar-refractivity contribution in [2.75, 3.05) is 0 Å². The summed E-state index contributed by atoms with van der Waals surface area (Å²) in [6, 6.07) is 5.56. The zero-order chi connectivity index (χ0) is 26.0. The van der Waals surface area contributed by atoms with Crippen molar-refractivity contribution in [2.24, 2.45) is 11.7 Å². The Bertz CT molecular complexity index is 1080.